The molecule has 0 unspecified atom stereocenters. The van der Waals surface area contributed by atoms with Gasteiger partial charge in [0.15, 0.2) is 0 Å². The van der Waals surface area contributed by atoms with E-state index < -0.39 is 0 Å². The molecule has 3 fully saturated rings. The summed E-state index contributed by atoms with van der Waals surface area (Å²) in [5, 5.41) is 2.62. The van der Waals surface area contributed by atoms with Crippen molar-refractivity contribution in [3.05, 3.63) is 191 Å². The Hall–Kier alpha value is -4.42. The van der Waals surface area contributed by atoms with E-state index in [-0.39, 0.29) is 0 Å². The van der Waals surface area contributed by atoms with Crippen molar-refractivity contribution in [3.8, 4) is 0 Å². The molecular weight excluding hydrogens is 997 g/mol. The van der Waals surface area contributed by atoms with Gasteiger partial charge in [0.2, 0.25) is 0 Å². The largest absolute Gasteiger partial charge is 0.0656 e. The second-order valence-electron chi connectivity index (χ2n) is 23.0. The van der Waals surface area contributed by atoms with Crippen LogP contribution in [0.4, 0.5) is 0 Å². The lowest BCUT2D eigenvalue weighted by Crippen LogP contribution is -2.14. The molecule has 3 aliphatic carbocycles. The molecule has 0 atom stereocenters. The van der Waals surface area contributed by atoms with Gasteiger partial charge in [-0.1, -0.05) is 436 Å². The van der Waals surface area contributed by atoms with Gasteiger partial charge in [0.25, 0.3) is 0 Å². The summed E-state index contributed by atoms with van der Waals surface area (Å²) in [6.45, 7) is 38.4. The Morgan fingerprint density at radius 2 is 0.386 bits per heavy atom. The lowest BCUT2D eigenvalue weighted by molar-refractivity contribution is 0.244. The maximum atomic E-state index is 2.27. The first-order valence-corrected chi connectivity index (χ1v) is 35.2. The second kappa shape index (κ2) is 70.1. The molecule has 0 saturated heterocycles. The van der Waals surface area contributed by atoms with E-state index in [1.54, 1.807) is 32.1 Å². The Balaban J connectivity index is -0.000000453. The van der Waals surface area contributed by atoms with Crippen molar-refractivity contribution in [1.29, 1.82) is 0 Å². The van der Waals surface area contributed by atoms with E-state index >= 15 is 0 Å². The van der Waals surface area contributed by atoms with E-state index in [0.29, 0.717) is 0 Å². The third kappa shape index (κ3) is 57.8. The lowest BCUT2D eigenvalue weighted by Gasteiger charge is -2.28. The predicted octanol–water partition coefficient (Wildman–Crippen LogP) is 28.7. The predicted molar refractivity (Wildman–Crippen MR) is 387 cm³/mol. The van der Waals surface area contributed by atoms with Gasteiger partial charge in [0, 0.05) is 0 Å². The maximum Gasteiger partial charge on any atom is -0.00258 e. The summed E-state index contributed by atoms with van der Waals surface area (Å²) in [5.41, 5.74) is 8.34. The molecule has 6 aromatic carbocycles. The quantitative estimate of drug-likeness (QED) is 0.142. The zero-order valence-electron chi connectivity index (χ0n) is 58.7. The van der Waals surface area contributed by atoms with Gasteiger partial charge in [-0.2, -0.15) is 0 Å². The number of benzene rings is 6. The second-order valence-corrected chi connectivity index (χ2v) is 23.0. The molecular formula is C83H140. The highest BCUT2D eigenvalue weighted by Gasteiger charge is 2.20. The highest BCUT2D eigenvalue weighted by atomic mass is 14.3. The minimum absolute atomic E-state index is 1.01. The van der Waals surface area contributed by atoms with E-state index in [1.807, 2.05) is 36.4 Å². The summed E-state index contributed by atoms with van der Waals surface area (Å²) < 4.78 is 0. The Morgan fingerprint density at radius 1 is 0.217 bits per heavy atom. The van der Waals surface area contributed by atoms with Gasteiger partial charge in [0.05, 0.1) is 0 Å². The summed E-state index contributed by atoms with van der Waals surface area (Å²) in [7, 11) is 0. The van der Waals surface area contributed by atoms with Crippen LogP contribution in [0.25, 0.3) is 10.8 Å². The molecule has 0 amide bonds. The number of hydrogen-bond donors (Lipinski definition) is 0. The van der Waals surface area contributed by atoms with Crippen LogP contribution in [-0.2, 0) is 25.7 Å². The number of rotatable bonds is 8. The first kappa shape index (κ1) is 85.0. The first-order chi connectivity index (χ1) is 40.5. The molecule has 0 radical (unpaired) electrons. The van der Waals surface area contributed by atoms with Crippen molar-refractivity contribution < 1.29 is 0 Å². The first-order valence-electron chi connectivity index (χ1n) is 35.2. The smallest absolute Gasteiger partial charge is 0.00258 e. The Labute approximate surface area is 521 Å². The fraction of sp³-hybridized carbons (Fsp3) is 0.590. The lowest BCUT2D eigenvalue weighted by atomic mass is 9.78. The van der Waals surface area contributed by atoms with Gasteiger partial charge in [0.1, 0.15) is 0 Å². The summed E-state index contributed by atoms with van der Waals surface area (Å²) >= 11 is 0. The van der Waals surface area contributed by atoms with Gasteiger partial charge < -0.3 is 0 Å². The van der Waals surface area contributed by atoms with Gasteiger partial charge >= 0.3 is 0 Å². The molecule has 0 bridgehead atoms. The van der Waals surface area contributed by atoms with E-state index in [9.17, 15) is 0 Å². The average molecular weight is 1140 g/mol. The molecule has 0 heteroatoms. The van der Waals surface area contributed by atoms with Crippen molar-refractivity contribution in [2.24, 2.45) is 11.8 Å². The van der Waals surface area contributed by atoms with Crippen molar-refractivity contribution in [2.45, 2.75) is 311 Å². The third-order valence-corrected chi connectivity index (χ3v) is 12.6. The maximum absolute atomic E-state index is 2.27. The molecule has 0 N–H and O–H groups in total. The number of aryl methyl sites for hydroxylation is 2. The third-order valence-electron chi connectivity index (χ3n) is 12.6. The van der Waals surface area contributed by atoms with Crippen LogP contribution in [0.1, 0.15) is 319 Å². The van der Waals surface area contributed by atoms with E-state index in [4.69, 9.17) is 0 Å². The van der Waals surface area contributed by atoms with Crippen LogP contribution < -0.4 is 0 Å². The highest BCUT2D eigenvalue weighted by molar-refractivity contribution is 5.82. The Morgan fingerprint density at radius 3 is 0.566 bits per heavy atom. The number of fused-ring (bicyclic) bond motifs is 1. The van der Waals surface area contributed by atoms with Crippen LogP contribution in [0.5, 0.6) is 0 Å². The summed E-state index contributed by atoms with van der Waals surface area (Å²) in [4.78, 5) is 0. The molecule has 0 aromatic heterocycles. The van der Waals surface area contributed by atoms with Crippen LogP contribution in [0.15, 0.2) is 158 Å². The molecule has 3 aliphatic rings. The SMILES string of the molecule is C1CCC(CC2CCCCC2)CC1.C1CCCCC1.CCC.CCC.CCC.CCC.CCC.CCC.CCC.CCC.CCc1ccc(Cc2ccc(Cc3ccc(CC)cc3)cc2)cc1.c1ccc2ccccc2c1.c1ccccc1. The van der Waals surface area contributed by atoms with Gasteiger partial charge in [-0.05, 0) is 88.1 Å². The molecule has 0 aliphatic heterocycles. The molecule has 0 nitrogen and oxygen atoms in total. The Bertz CT molecular complexity index is 1810. The molecule has 0 spiro atoms. The molecule has 0 heterocycles. The summed E-state index contributed by atoms with van der Waals surface area (Å²) in [6.07, 6.45) is 40.2. The standard InChI is InChI=1S/C24H26.C13H24.C10H8.C6H12.C6H6.8C3H8/c1-3-19-5-9-21(10-6-19)17-23-13-15-24(16-14-23)18-22-11-7-20(4-2)8-12-22;1-3-7-12(8-4-1)11-13-9-5-2-6-10-13;1-2-6-10-8-4-3-7-9(10)5-1;2*1-2-4-6-5-3-1;8*1-3-2/h5-16H,3-4,17-18H2,1-2H3;12-13H,1-11H2;1-8H;1-6H2;1-6H;8*3H2,1-2H3. The molecule has 83 heavy (non-hydrogen) atoms. The molecule has 3 saturated carbocycles. The minimum Gasteiger partial charge on any atom is -0.0656 e. The monoisotopic (exact) mass is 1140 g/mol. The highest BCUT2D eigenvalue weighted by Crippen LogP contribution is 2.35. The van der Waals surface area contributed by atoms with Crippen molar-refractivity contribution in [1.82, 2.24) is 0 Å². The van der Waals surface area contributed by atoms with E-state index in [2.05, 4.69) is 246 Å². The fourth-order valence-corrected chi connectivity index (χ4v) is 8.93. The summed E-state index contributed by atoms with van der Waals surface area (Å²) in [6, 6.07) is 55.7. The van der Waals surface area contributed by atoms with Crippen LogP contribution in [0, 0.1) is 11.8 Å². The van der Waals surface area contributed by atoms with Crippen LogP contribution >= 0.6 is 0 Å². The van der Waals surface area contributed by atoms with Crippen molar-refractivity contribution in [3.63, 3.8) is 0 Å². The van der Waals surface area contributed by atoms with Gasteiger partial charge in [-0.3, -0.25) is 0 Å². The fourth-order valence-electron chi connectivity index (χ4n) is 8.93. The number of hydrogen-bond acceptors (Lipinski definition) is 0. The average Bonchev–Trinajstić information content (AvgIpc) is 3.53. The van der Waals surface area contributed by atoms with Crippen LogP contribution in [0.2, 0.25) is 0 Å². The van der Waals surface area contributed by atoms with E-state index in [0.717, 1.165) is 37.5 Å². The van der Waals surface area contributed by atoms with Gasteiger partial charge in [-0.25, -0.2) is 0 Å². The Kier molecular flexibility index (Phi) is 71.8. The van der Waals surface area contributed by atoms with Crippen molar-refractivity contribution in [2.75, 3.05) is 0 Å². The van der Waals surface area contributed by atoms with Crippen molar-refractivity contribution >= 4 is 10.8 Å². The normalized spacial score (nSPS) is 12.7. The summed E-state index contributed by atoms with van der Waals surface area (Å²) in [5.74, 6) is 2.24. The molecule has 6 aromatic rings. The van der Waals surface area contributed by atoms with Gasteiger partial charge in [-0.15, -0.1) is 0 Å². The minimum atomic E-state index is 1.01. The zero-order chi connectivity index (χ0) is 62.7. The molecule has 472 valence electrons. The molecule has 9 rings (SSSR count). The van der Waals surface area contributed by atoms with Crippen LogP contribution in [0.3, 0.4) is 0 Å². The zero-order valence-corrected chi connectivity index (χ0v) is 58.7. The van der Waals surface area contributed by atoms with E-state index in [1.165, 1.54) is 173 Å². The van der Waals surface area contributed by atoms with Crippen LogP contribution in [-0.4, -0.2) is 0 Å². The topological polar surface area (TPSA) is 0 Å².